The predicted octanol–water partition coefficient (Wildman–Crippen LogP) is 2.40. The van der Waals surface area contributed by atoms with E-state index >= 15 is 0 Å². The first-order chi connectivity index (χ1) is 10.7. The molecule has 0 radical (unpaired) electrons. The standard InChI is InChI=1S/C17H25BO5/c1-6-9-21-14-11-13(8-7-12(14)10-15(19)20)18-22-16(2,3)17(4,5)23-18/h7-8,11H,6,9-10H2,1-5H3,(H,19,20). The van der Waals surface area contributed by atoms with Gasteiger partial charge in [-0.3, -0.25) is 4.79 Å². The molecule has 0 bridgehead atoms. The highest BCUT2D eigenvalue weighted by molar-refractivity contribution is 6.62. The second-order valence-corrected chi connectivity index (χ2v) is 6.87. The van der Waals surface area contributed by atoms with Gasteiger partial charge in [0.05, 0.1) is 24.2 Å². The van der Waals surface area contributed by atoms with Crippen molar-refractivity contribution < 1.29 is 23.9 Å². The van der Waals surface area contributed by atoms with Crippen LogP contribution in [-0.2, 0) is 20.5 Å². The highest BCUT2D eigenvalue weighted by Crippen LogP contribution is 2.36. The Morgan fingerprint density at radius 2 is 1.83 bits per heavy atom. The molecule has 1 aromatic carbocycles. The van der Waals surface area contributed by atoms with Crippen molar-refractivity contribution in [3.8, 4) is 5.75 Å². The Morgan fingerprint density at radius 3 is 2.35 bits per heavy atom. The van der Waals surface area contributed by atoms with E-state index in [1.54, 1.807) is 6.07 Å². The van der Waals surface area contributed by atoms with Gasteiger partial charge in [0.15, 0.2) is 0 Å². The molecule has 1 aliphatic rings. The Bertz CT molecular complexity index is 566. The monoisotopic (exact) mass is 320 g/mol. The molecule has 0 saturated carbocycles. The number of rotatable bonds is 6. The van der Waals surface area contributed by atoms with Crippen molar-refractivity contribution in [3.05, 3.63) is 23.8 Å². The van der Waals surface area contributed by atoms with E-state index in [0.717, 1.165) is 11.9 Å². The second-order valence-electron chi connectivity index (χ2n) is 6.87. The lowest BCUT2D eigenvalue weighted by Gasteiger charge is -2.32. The largest absolute Gasteiger partial charge is 0.494 e. The normalized spacial score (nSPS) is 18.9. The summed E-state index contributed by atoms with van der Waals surface area (Å²) in [6, 6.07) is 5.45. The van der Waals surface area contributed by atoms with Gasteiger partial charge in [0, 0.05) is 5.56 Å². The van der Waals surface area contributed by atoms with Crippen LogP contribution < -0.4 is 10.2 Å². The number of ether oxygens (including phenoxy) is 1. The number of benzene rings is 1. The average molecular weight is 320 g/mol. The summed E-state index contributed by atoms with van der Waals surface area (Å²) < 4.78 is 17.8. The van der Waals surface area contributed by atoms with Crippen molar-refractivity contribution in [1.82, 2.24) is 0 Å². The van der Waals surface area contributed by atoms with Crippen LogP contribution in [0.25, 0.3) is 0 Å². The molecule has 0 spiro atoms. The molecule has 1 fully saturated rings. The van der Waals surface area contributed by atoms with Crippen LogP contribution in [0.5, 0.6) is 5.75 Å². The van der Waals surface area contributed by atoms with Crippen molar-refractivity contribution in [2.75, 3.05) is 6.61 Å². The quantitative estimate of drug-likeness (QED) is 0.816. The molecule has 1 N–H and O–H groups in total. The topological polar surface area (TPSA) is 65.0 Å². The van der Waals surface area contributed by atoms with Gasteiger partial charge >= 0.3 is 13.1 Å². The molecule has 1 aliphatic heterocycles. The highest BCUT2D eigenvalue weighted by Gasteiger charge is 2.51. The van der Waals surface area contributed by atoms with E-state index in [9.17, 15) is 4.79 Å². The van der Waals surface area contributed by atoms with E-state index in [-0.39, 0.29) is 6.42 Å². The Hall–Kier alpha value is -1.53. The lowest BCUT2D eigenvalue weighted by atomic mass is 9.78. The number of aliphatic carboxylic acids is 1. The van der Waals surface area contributed by atoms with E-state index in [4.69, 9.17) is 19.2 Å². The first kappa shape index (κ1) is 17.8. The molecule has 6 heteroatoms. The van der Waals surface area contributed by atoms with E-state index in [1.807, 2.05) is 46.8 Å². The van der Waals surface area contributed by atoms with Crippen molar-refractivity contribution >= 4 is 18.6 Å². The van der Waals surface area contributed by atoms with Gasteiger partial charge in [-0.05, 0) is 45.6 Å². The smallest absolute Gasteiger partial charge is 0.493 e. The molecular formula is C17H25BO5. The summed E-state index contributed by atoms with van der Waals surface area (Å²) in [6.45, 7) is 10.6. The highest BCUT2D eigenvalue weighted by atomic mass is 16.7. The number of hydrogen-bond donors (Lipinski definition) is 1. The predicted molar refractivity (Wildman–Crippen MR) is 89.3 cm³/mol. The summed E-state index contributed by atoms with van der Waals surface area (Å²) in [5, 5.41) is 9.03. The lowest BCUT2D eigenvalue weighted by molar-refractivity contribution is -0.136. The Kier molecular flexibility index (Phi) is 5.06. The maximum Gasteiger partial charge on any atom is 0.494 e. The van der Waals surface area contributed by atoms with Gasteiger partial charge in [-0.2, -0.15) is 0 Å². The molecule has 23 heavy (non-hydrogen) atoms. The van der Waals surface area contributed by atoms with E-state index in [2.05, 4.69) is 0 Å². The Balaban J connectivity index is 2.28. The molecule has 0 aromatic heterocycles. The van der Waals surface area contributed by atoms with Crippen molar-refractivity contribution in [3.63, 3.8) is 0 Å². The molecular weight excluding hydrogens is 295 g/mol. The molecule has 0 amide bonds. The maximum atomic E-state index is 11.0. The van der Waals surface area contributed by atoms with Crippen molar-refractivity contribution in [1.29, 1.82) is 0 Å². The van der Waals surface area contributed by atoms with Gasteiger partial charge in [-0.1, -0.05) is 19.1 Å². The third-order valence-electron chi connectivity index (χ3n) is 4.42. The SMILES string of the molecule is CCCOc1cc(B2OC(C)(C)C(C)(C)O2)ccc1CC(=O)O. The average Bonchev–Trinajstić information content (AvgIpc) is 2.65. The molecule has 1 saturated heterocycles. The first-order valence-electron chi connectivity index (χ1n) is 7.99. The summed E-state index contributed by atoms with van der Waals surface area (Å²) >= 11 is 0. The van der Waals surface area contributed by atoms with Crippen LogP contribution in [0.4, 0.5) is 0 Å². The van der Waals surface area contributed by atoms with Gasteiger partial charge in [-0.25, -0.2) is 0 Å². The fourth-order valence-electron chi connectivity index (χ4n) is 2.35. The van der Waals surface area contributed by atoms with Crippen LogP contribution in [0.1, 0.15) is 46.6 Å². The van der Waals surface area contributed by atoms with Gasteiger partial charge in [0.25, 0.3) is 0 Å². The number of carboxylic acids is 1. The minimum Gasteiger partial charge on any atom is -0.493 e. The third kappa shape index (κ3) is 3.87. The second kappa shape index (κ2) is 6.53. The van der Waals surface area contributed by atoms with Crippen LogP contribution in [-0.4, -0.2) is 36.0 Å². The molecule has 2 rings (SSSR count). The van der Waals surface area contributed by atoms with Crippen LogP contribution in [0.15, 0.2) is 18.2 Å². The zero-order valence-electron chi connectivity index (χ0n) is 14.5. The van der Waals surface area contributed by atoms with Gasteiger partial charge in [-0.15, -0.1) is 0 Å². The van der Waals surface area contributed by atoms with Crippen LogP contribution in [0.2, 0.25) is 0 Å². The molecule has 0 atom stereocenters. The zero-order chi connectivity index (χ0) is 17.3. The fraction of sp³-hybridized carbons (Fsp3) is 0.588. The summed E-state index contributed by atoms with van der Waals surface area (Å²) in [7, 11) is -0.483. The van der Waals surface area contributed by atoms with Crippen LogP contribution in [0, 0.1) is 0 Å². The number of hydrogen-bond acceptors (Lipinski definition) is 4. The fourth-order valence-corrected chi connectivity index (χ4v) is 2.35. The van der Waals surface area contributed by atoms with Gasteiger partial charge in [0.2, 0.25) is 0 Å². The Labute approximate surface area is 138 Å². The molecule has 0 unspecified atom stereocenters. The number of carbonyl (C=O) groups is 1. The molecule has 126 valence electrons. The van der Waals surface area contributed by atoms with E-state index in [1.165, 1.54) is 0 Å². The maximum absolute atomic E-state index is 11.0. The summed E-state index contributed by atoms with van der Waals surface area (Å²) in [6.07, 6.45) is 0.788. The molecule has 1 aromatic rings. The first-order valence-corrected chi connectivity index (χ1v) is 7.99. The van der Waals surface area contributed by atoms with Crippen molar-refractivity contribution in [2.24, 2.45) is 0 Å². The van der Waals surface area contributed by atoms with E-state index < -0.39 is 24.3 Å². The summed E-state index contributed by atoms with van der Waals surface area (Å²) in [4.78, 5) is 11.0. The molecule has 5 nitrogen and oxygen atoms in total. The summed E-state index contributed by atoms with van der Waals surface area (Å²) in [5.74, 6) is -0.295. The minimum absolute atomic E-state index is 0.0668. The zero-order valence-corrected chi connectivity index (χ0v) is 14.5. The Morgan fingerprint density at radius 1 is 1.22 bits per heavy atom. The summed E-state index contributed by atoms with van der Waals surface area (Å²) in [5.41, 5.74) is 0.666. The van der Waals surface area contributed by atoms with E-state index in [0.29, 0.717) is 17.9 Å². The lowest BCUT2D eigenvalue weighted by Crippen LogP contribution is -2.41. The minimum atomic E-state index is -0.880. The van der Waals surface area contributed by atoms with Crippen LogP contribution >= 0.6 is 0 Å². The van der Waals surface area contributed by atoms with Gasteiger partial charge < -0.3 is 19.2 Å². The third-order valence-corrected chi connectivity index (χ3v) is 4.42. The van der Waals surface area contributed by atoms with Crippen LogP contribution in [0.3, 0.4) is 0 Å². The molecule has 1 heterocycles. The van der Waals surface area contributed by atoms with Crippen molar-refractivity contribution in [2.45, 2.75) is 58.7 Å². The number of carboxylic acid groups (broad SMARTS) is 1. The van der Waals surface area contributed by atoms with Gasteiger partial charge in [0.1, 0.15) is 5.75 Å². The molecule has 0 aliphatic carbocycles.